The molecule has 0 fully saturated rings. The van der Waals surface area contributed by atoms with E-state index in [2.05, 4.69) is 25.7 Å². The second kappa shape index (κ2) is 6.30. The van der Waals surface area contributed by atoms with Crippen molar-refractivity contribution in [3.8, 4) is 17.1 Å². The lowest BCUT2D eigenvalue weighted by Crippen LogP contribution is -2.22. The minimum atomic E-state index is -0.354. The molecule has 2 heterocycles. The number of nitrogens with zero attached hydrogens (tertiary/aromatic N) is 3. The molecule has 2 aromatic heterocycles. The maximum Gasteiger partial charge on any atom is 0.290 e. The molecule has 8 heteroatoms. The Morgan fingerprint density at radius 1 is 1.35 bits per heavy atom. The van der Waals surface area contributed by atoms with Crippen LogP contribution in [0.5, 0.6) is 5.75 Å². The van der Waals surface area contributed by atoms with Crippen molar-refractivity contribution in [1.29, 1.82) is 0 Å². The Hall–Kier alpha value is -3.16. The molecule has 3 rings (SSSR count). The summed E-state index contributed by atoms with van der Waals surface area (Å²) in [6.07, 6.45) is 0. The van der Waals surface area contributed by atoms with E-state index in [4.69, 9.17) is 9.26 Å². The molecule has 0 spiro atoms. The number of carbonyl (C=O) groups is 1. The van der Waals surface area contributed by atoms with Gasteiger partial charge in [0.15, 0.2) is 5.82 Å². The van der Waals surface area contributed by atoms with Crippen LogP contribution >= 0.6 is 0 Å². The van der Waals surface area contributed by atoms with Gasteiger partial charge in [0.2, 0.25) is 5.76 Å². The lowest BCUT2D eigenvalue weighted by Gasteiger charge is -2.00. The average Bonchev–Trinajstić information content (AvgIpc) is 3.22. The van der Waals surface area contributed by atoms with E-state index in [9.17, 15) is 4.79 Å². The number of hydrogen-bond donors (Lipinski definition) is 2. The number of rotatable bonds is 5. The summed E-state index contributed by atoms with van der Waals surface area (Å²) in [5.74, 6) is 1.66. The standard InChI is InChI=1S/C15H15N5O3/c1-9-7-12(23-20-9)15(21)16-8-13-17-14(19-18-13)10-3-5-11(22-2)6-4-10/h3-7H,8H2,1-2H3,(H,16,21)(H,17,18,19). The molecule has 23 heavy (non-hydrogen) atoms. The Bertz CT molecular complexity index is 807. The van der Waals surface area contributed by atoms with Gasteiger partial charge in [-0.15, -0.1) is 0 Å². The molecule has 0 aliphatic rings. The zero-order valence-electron chi connectivity index (χ0n) is 12.7. The van der Waals surface area contributed by atoms with Crippen LogP contribution in [0.25, 0.3) is 11.4 Å². The minimum absolute atomic E-state index is 0.164. The van der Waals surface area contributed by atoms with Gasteiger partial charge in [0.1, 0.15) is 11.6 Å². The second-order valence-electron chi connectivity index (χ2n) is 4.85. The van der Waals surface area contributed by atoms with Crippen LogP contribution in [0, 0.1) is 6.92 Å². The van der Waals surface area contributed by atoms with Gasteiger partial charge in [0, 0.05) is 11.6 Å². The highest BCUT2D eigenvalue weighted by Crippen LogP contribution is 2.18. The highest BCUT2D eigenvalue weighted by Gasteiger charge is 2.12. The van der Waals surface area contributed by atoms with Crippen LogP contribution in [0.4, 0.5) is 0 Å². The predicted octanol–water partition coefficient (Wildman–Crippen LogP) is 1.71. The Morgan fingerprint density at radius 2 is 2.13 bits per heavy atom. The van der Waals surface area contributed by atoms with Crippen molar-refractivity contribution in [1.82, 2.24) is 25.7 Å². The third-order valence-corrected chi connectivity index (χ3v) is 3.15. The number of aromatic nitrogens is 4. The quantitative estimate of drug-likeness (QED) is 0.742. The van der Waals surface area contributed by atoms with E-state index in [1.807, 2.05) is 24.3 Å². The van der Waals surface area contributed by atoms with Crippen LogP contribution in [0.2, 0.25) is 0 Å². The lowest BCUT2D eigenvalue weighted by molar-refractivity contribution is 0.0913. The zero-order valence-corrected chi connectivity index (χ0v) is 12.7. The summed E-state index contributed by atoms with van der Waals surface area (Å²) < 4.78 is 10.00. The van der Waals surface area contributed by atoms with E-state index >= 15 is 0 Å². The SMILES string of the molecule is COc1ccc(-c2n[nH]c(CNC(=O)c3cc(C)no3)n2)cc1. The van der Waals surface area contributed by atoms with Gasteiger partial charge in [-0.1, -0.05) is 5.16 Å². The summed E-state index contributed by atoms with van der Waals surface area (Å²) in [5.41, 5.74) is 1.50. The summed E-state index contributed by atoms with van der Waals surface area (Å²) in [6.45, 7) is 1.96. The molecule has 0 saturated carbocycles. The van der Waals surface area contributed by atoms with Crippen molar-refractivity contribution >= 4 is 5.91 Å². The number of benzene rings is 1. The summed E-state index contributed by atoms with van der Waals surface area (Å²) in [5, 5.41) is 13.3. The fourth-order valence-electron chi connectivity index (χ4n) is 1.97. The maximum absolute atomic E-state index is 11.9. The molecule has 2 N–H and O–H groups in total. The van der Waals surface area contributed by atoms with Gasteiger partial charge in [-0.25, -0.2) is 4.98 Å². The summed E-state index contributed by atoms with van der Waals surface area (Å²) >= 11 is 0. The van der Waals surface area contributed by atoms with Crippen LogP contribution < -0.4 is 10.1 Å². The first-order valence-corrected chi connectivity index (χ1v) is 6.93. The fraction of sp³-hybridized carbons (Fsp3) is 0.200. The first kappa shape index (κ1) is 14.8. The van der Waals surface area contributed by atoms with Crippen LogP contribution in [-0.2, 0) is 6.54 Å². The molecule has 0 atom stereocenters. The number of nitrogens with one attached hydrogen (secondary N) is 2. The van der Waals surface area contributed by atoms with E-state index in [1.54, 1.807) is 20.1 Å². The van der Waals surface area contributed by atoms with Crippen molar-refractivity contribution < 1.29 is 14.1 Å². The first-order chi connectivity index (χ1) is 11.2. The van der Waals surface area contributed by atoms with E-state index in [-0.39, 0.29) is 18.2 Å². The molecule has 0 bridgehead atoms. The lowest BCUT2D eigenvalue weighted by atomic mass is 10.2. The Labute approximate surface area is 131 Å². The van der Waals surface area contributed by atoms with Crippen LogP contribution in [0.1, 0.15) is 22.1 Å². The number of methoxy groups -OCH3 is 1. The van der Waals surface area contributed by atoms with E-state index in [0.29, 0.717) is 17.3 Å². The van der Waals surface area contributed by atoms with Crippen molar-refractivity contribution in [2.75, 3.05) is 7.11 Å². The smallest absolute Gasteiger partial charge is 0.290 e. The summed E-state index contributed by atoms with van der Waals surface area (Å²) in [7, 11) is 1.61. The average molecular weight is 313 g/mol. The van der Waals surface area contributed by atoms with Crippen molar-refractivity contribution in [2.24, 2.45) is 0 Å². The monoisotopic (exact) mass is 313 g/mol. The van der Waals surface area contributed by atoms with E-state index in [0.717, 1.165) is 11.3 Å². The van der Waals surface area contributed by atoms with Crippen molar-refractivity contribution in [3.63, 3.8) is 0 Å². The predicted molar refractivity (Wildman–Crippen MR) is 80.8 cm³/mol. The number of aromatic amines is 1. The largest absolute Gasteiger partial charge is 0.497 e. The van der Waals surface area contributed by atoms with E-state index < -0.39 is 0 Å². The number of hydrogen-bond acceptors (Lipinski definition) is 6. The van der Waals surface area contributed by atoms with E-state index in [1.165, 1.54) is 0 Å². The molecule has 1 amide bonds. The third kappa shape index (κ3) is 3.37. The molecule has 0 aliphatic heterocycles. The van der Waals surface area contributed by atoms with Gasteiger partial charge in [-0.2, -0.15) is 5.10 Å². The minimum Gasteiger partial charge on any atom is -0.497 e. The highest BCUT2D eigenvalue weighted by molar-refractivity contribution is 5.91. The Morgan fingerprint density at radius 3 is 2.78 bits per heavy atom. The summed E-state index contributed by atoms with van der Waals surface area (Å²) in [4.78, 5) is 16.2. The van der Waals surface area contributed by atoms with Gasteiger partial charge < -0.3 is 14.6 Å². The molecule has 8 nitrogen and oxygen atoms in total. The number of H-pyrrole nitrogens is 1. The summed E-state index contributed by atoms with van der Waals surface area (Å²) in [6, 6.07) is 8.96. The number of carbonyl (C=O) groups excluding carboxylic acids is 1. The van der Waals surface area contributed by atoms with Crippen LogP contribution in [0.3, 0.4) is 0 Å². The van der Waals surface area contributed by atoms with Gasteiger partial charge >= 0.3 is 0 Å². The van der Waals surface area contributed by atoms with Crippen LogP contribution in [0.15, 0.2) is 34.9 Å². The molecule has 1 aromatic carbocycles. The Kier molecular flexibility index (Phi) is 4.05. The molecule has 0 saturated heterocycles. The molecular weight excluding hydrogens is 298 g/mol. The van der Waals surface area contributed by atoms with Crippen molar-refractivity contribution in [2.45, 2.75) is 13.5 Å². The molecule has 0 radical (unpaired) electrons. The molecule has 3 aromatic rings. The third-order valence-electron chi connectivity index (χ3n) is 3.15. The second-order valence-corrected chi connectivity index (χ2v) is 4.85. The van der Waals surface area contributed by atoms with Gasteiger partial charge in [0.25, 0.3) is 5.91 Å². The maximum atomic E-state index is 11.9. The van der Waals surface area contributed by atoms with Gasteiger partial charge in [-0.05, 0) is 31.2 Å². The first-order valence-electron chi connectivity index (χ1n) is 6.93. The highest BCUT2D eigenvalue weighted by atomic mass is 16.5. The number of ether oxygens (including phenoxy) is 1. The normalized spacial score (nSPS) is 10.5. The molecular formula is C15H15N5O3. The van der Waals surface area contributed by atoms with Crippen molar-refractivity contribution in [3.05, 3.63) is 47.6 Å². The van der Waals surface area contributed by atoms with Gasteiger partial charge in [-0.3, -0.25) is 9.89 Å². The fourth-order valence-corrected chi connectivity index (χ4v) is 1.97. The molecule has 0 aliphatic carbocycles. The number of aryl methyl sites for hydroxylation is 1. The Balaban J connectivity index is 1.63. The molecule has 118 valence electrons. The topological polar surface area (TPSA) is 106 Å². The molecule has 0 unspecified atom stereocenters. The zero-order chi connectivity index (χ0) is 16.2. The van der Waals surface area contributed by atoms with Crippen LogP contribution in [-0.4, -0.2) is 33.4 Å². The number of amides is 1. The van der Waals surface area contributed by atoms with Gasteiger partial charge in [0.05, 0.1) is 19.3 Å².